The molecule has 2 aromatic carbocycles. The van der Waals surface area contributed by atoms with Crippen LogP contribution in [0.15, 0.2) is 47.4 Å². The number of carbonyl (C=O) groups is 1. The lowest BCUT2D eigenvalue weighted by atomic mass is 10.1. The maximum Gasteiger partial charge on any atom is 0.258 e. The zero-order chi connectivity index (χ0) is 22.1. The molecule has 2 heterocycles. The summed E-state index contributed by atoms with van der Waals surface area (Å²) in [6, 6.07) is 10.5. The number of anilines is 1. The van der Waals surface area contributed by atoms with Crippen LogP contribution in [0.5, 0.6) is 0 Å². The Kier molecular flexibility index (Phi) is 6.11. The fraction of sp³-hybridized carbons (Fsp3) is 0.409. The van der Waals surface area contributed by atoms with Gasteiger partial charge in [-0.1, -0.05) is 25.1 Å². The Morgan fingerprint density at radius 2 is 1.81 bits per heavy atom. The average molecular weight is 449 g/mol. The number of ether oxygens (including phenoxy) is 2. The van der Waals surface area contributed by atoms with Crippen LogP contribution in [0.3, 0.4) is 0 Å². The van der Waals surface area contributed by atoms with Gasteiger partial charge in [-0.3, -0.25) is 4.79 Å². The van der Waals surface area contributed by atoms with Gasteiger partial charge in [-0.25, -0.2) is 12.8 Å². The average Bonchev–Trinajstić information content (AvgIpc) is 3.22. The minimum Gasteiger partial charge on any atom is -0.347 e. The van der Waals surface area contributed by atoms with E-state index in [0.29, 0.717) is 38.2 Å². The topological polar surface area (TPSA) is 84.9 Å². The molecule has 0 aliphatic carbocycles. The number of benzene rings is 2. The Morgan fingerprint density at radius 1 is 1.13 bits per heavy atom. The molecule has 2 fully saturated rings. The Balaban J connectivity index is 1.55. The second kappa shape index (κ2) is 8.66. The number of amides is 1. The van der Waals surface area contributed by atoms with Gasteiger partial charge >= 0.3 is 0 Å². The van der Waals surface area contributed by atoms with Crippen molar-refractivity contribution in [3.63, 3.8) is 0 Å². The molecule has 2 aliphatic heterocycles. The Morgan fingerprint density at radius 3 is 2.48 bits per heavy atom. The van der Waals surface area contributed by atoms with E-state index < -0.39 is 27.5 Å². The van der Waals surface area contributed by atoms with Crippen molar-refractivity contribution in [3.05, 3.63) is 59.4 Å². The first-order chi connectivity index (χ1) is 14.8. The molecule has 1 spiro atoms. The van der Waals surface area contributed by atoms with Crippen LogP contribution in [0, 0.1) is 5.82 Å². The number of aryl methyl sites for hydroxylation is 1. The molecule has 7 nitrogen and oxygen atoms in total. The monoisotopic (exact) mass is 448 g/mol. The molecule has 0 unspecified atom stereocenters. The summed E-state index contributed by atoms with van der Waals surface area (Å²) in [5, 5.41) is 2.69. The molecule has 1 amide bonds. The van der Waals surface area contributed by atoms with E-state index in [1.165, 1.54) is 10.4 Å². The molecule has 2 saturated heterocycles. The molecule has 0 atom stereocenters. The third kappa shape index (κ3) is 4.36. The van der Waals surface area contributed by atoms with Gasteiger partial charge in [-0.15, -0.1) is 0 Å². The van der Waals surface area contributed by atoms with Gasteiger partial charge in [0.15, 0.2) is 5.79 Å². The van der Waals surface area contributed by atoms with E-state index in [1.807, 2.05) is 19.1 Å². The number of piperidine rings is 1. The maximum absolute atomic E-state index is 14.4. The summed E-state index contributed by atoms with van der Waals surface area (Å²) < 4.78 is 53.3. The van der Waals surface area contributed by atoms with Crippen LogP contribution in [0.25, 0.3) is 0 Å². The number of hydrogen-bond acceptors (Lipinski definition) is 5. The van der Waals surface area contributed by atoms with E-state index in [0.717, 1.165) is 17.7 Å². The smallest absolute Gasteiger partial charge is 0.258 e. The summed E-state index contributed by atoms with van der Waals surface area (Å²) in [7, 11) is -3.89. The molecule has 0 saturated carbocycles. The number of nitrogens with zero attached hydrogens (tertiary/aromatic N) is 1. The van der Waals surface area contributed by atoms with Crippen molar-refractivity contribution < 1.29 is 27.1 Å². The van der Waals surface area contributed by atoms with Gasteiger partial charge in [-0.2, -0.15) is 4.31 Å². The number of halogens is 1. The number of rotatable bonds is 5. The van der Waals surface area contributed by atoms with Crippen molar-refractivity contribution in [1.82, 2.24) is 4.31 Å². The molecule has 2 aliphatic rings. The van der Waals surface area contributed by atoms with E-state index in [2.05, 4.69) is 5.32 Å². The number of para-hydroxylation sites is 1. The third-order valence-corrected chi connectivity index (χ3v) is 7.66. The van der Waals surface area contributed by atoms with Gasteiger partial charge < -0.3 is 14.8 Å². The van der Waals surface area contributed by atoms with Crippen molar-refractivity contribution in [1.29, 1.82) is 0 Å². The Hall–Kier alpha value is -2.33. The van der Waals surface area contributed by atoms with Crippen molar-refractivity contribution in [2.24, 2.45) is 0 Å². The van der Waals surface area contributed by atoms with Crippen LogP contribution in [0.1, 0.15) is 35.7 Å². The normalized spacial score (nSPS) is 18.9. The summed E-state index contributed by atoms with van der Waals surface area (Å²) in [5.41, 5.74) is 1.15. The van der Waals surface area contributed by atoms with Gasteiger partial charge in [0, 0.05) is 31.6 Å². The highest BCUT2D eigenvalue weighted by Gasteiger charge is 2.42. The van der Waals surface area contributed by atoms with Crippen LogP contribution >= 0.6 is 0 Å². The van der Waals surface area contributed by atoms with Crippen molar-refractivity contribution in [2.75, 3.05) is 31.6 Å². The maximum atomic E-state index is 14.4. The van der Waals surface area contributed by atoms with E-state index in [-0.39, 0.29) is 23.5 Å². The minimum absolute atomic E-state index is 0.118. The Labute approximate surface area is 181 Å². The molecule has 0 bridgehead atoms. The first-order valence-electron chi connectivity index (χ1n) is 10.3. The van der Waals surface area contributed by atoms with E-state index in [4.69, 9.17) is 9.47 Å². The predicted octanol–water partition coefficient (Wildman–Crippen LogP) is 3.17. The lowest BCUT2D eigenvalue weighted by Crippen LogP contribution is -2.47. The fourth-order valence-electron chi connectivity index (χ4n) is 3.98. The van der Waals surface area contributed by atoms with Crippen molar-refractivity contribution >= 4 is 21.6 Å². The lowest BCUT2D eigenvalue weighted by molar-refractivity contribution is -0.179. The molecule has 0 aromatic heterocycles. The first-order valence-corrected chi connectivity index (χ1v) is 11.8. The highest BCUT2D eigenvalue weighted by Crippen LogP contribution is 2.33. The summed E-state index contributed by atoms with van der Waals surface area (Å²) >= 11 is 0. The summed E-state index contributed by atoms with van der Waals surface area (Å²) in [4.78, 5) is 12.6. The zero-order valence-corrected chi connectivity index (χ0v) is 18.1. The van der Waals surface area contributed by atoms with Crippen molar-refractivity contribution in [2.45, 2.75) is 36.9 Å². The second-order valence-electron chi connectivity index (χ2n) is 7.62. The largest absolute Gasteiger partial charge is 0.347 e. The number of sulfonamides is 1. The summed E-state index contributed by atoms with van der Waals surface area (Å²) in [6.07, 6.45) is 1.54. The van der Waals surface area contributed by atoms with Crippen molar-refractivity contribution in [3.8, 4) is 0 Å². The van der Waals surface area contributed by atoms with Gasteiger partial charge in [0.05, 0.1) is 23.7 Å². The molecule has 4 rings (SSSR count). The summed E-state index contributed by atoms with van der Waals surface area (Å²) in [5.74, 6) is -2.18. The summed E-state index contributed by atoms with van der Waals surface area (Å²) in [6.45, 7) is 3.41. The zero-order valence-electron chi connectivity index (χ0n) is 17.3. The van der Waals surface area contributed by atoms with Gasteiger partial charge in [0.2, 0.25) is 10.0 Å². The molecule has 2 aromatic rings. The lowest BCUT2D eigenvalue weighted by Gasteiger charge is -2.36. The van der Waals surface area contributed by atoms with Crippen LogP contribution in [0.4, 0.5) is 10.1 Å². The molecule has 1 N–H and O–H groups in total. The van der Waals surface area contributed by atoms with Gasteiger partial charge in [0.25, 0.3) is 5.91 Å². The molecule has 9 heteroatoms. The number of hydrogen-bond donors (Lipinski definition) is 1. The van der Waals surface area contributed by atoms with Gasteiger partial charge in [-0.05, 0) is 36.2 Å². The van der Waals surface area contributed by atoms with E-state index in [1.54, 1.807) is 12.1 Å². The van der Waals surface area contributed by atoms with E-state index >= 15 is 0 Å². The van der Waals surface area contributed by atoms with Crippen LogP contribution in [-0.4, -0.2) is 50.7 Å². The van der Waals surface area contributed by atoms with Crippen LogP contribution in [-0.2, 0) is 25.9 Å². The Bertz CT molecular complexity index is 1070. The molecular formula is C22H25FN2O5S. The second-order valence-corrected chi connectivity index (χ2v) is 9.56. The van der Waals surface area contributed by atoms with E-state index in [9.17, 15) is 17.6 Å². The minimum atomic E-state index is -3.89. The quantitative estimate of drug-likeness (QED) is 0.760. The standard InChI is InChI=1S/C22H25FN2O5S/c1-2-16-5-3-4-6-20(16)24-21(26)18-15-17(7-8-19(18)23)31(27,28)25-11-9-22(10-12-25)29-13-14-30-22/h3-8,15H,2,9-14H2,1H3,(H,24,26). The molecule has 31 heavy (non-hydrogen) atoms. The third-order valence-electron chi connectivity index (χ3n) is 5.76. The highest BCUT2D eigenvalue weighted by molar-refractivity contribution is 7.89. The molecular weight excluding hydrogens is 423 g/mol. The number of carbonyl (C=O) groups excluding carboxylic acids is 1. The SMILES string of the molecule is CCc1ccccc1NC(=O)c1cc(S(=O)(=O)N2CCC3(CC2)OCCO3)ccc1F. The molecule has 0 radical (unpaired) electrons. The highest BCUT2D eigenvalue weighted by atomic mass is 32.2. The van der Waals surface area contributed by atoms with Gasteiger partial charge in [0.1, 0.15) is 5.82 Å². The fourth-order valence-corrected chi connectivity index (χ4v) is 5.45. The van der Waals surface area contributed by atoms with Crippen LogP contribution in [0.2, 0.25) is 0 Å². The molecule has 166 valence electrons. The first kappa shape index (κ1) is 21.9. The predicted molar refractivity (Wildman–Crippen MR) is 113 cm³/mol. The van der Waals surface area contributed by atoms with Crippen LogP contribution < -0.4 is 5.32 Å². The number of nitrogens with one attached hydrogen (secondary N) is 1.